The van der Waals surface area contributed by atoms with Crippen LogP contribution in [0.4, 0.5) is 0 Å². The molecule has 3 fully saturated rings. The lowest BCUT2D eigenvalue weighted by atomic mass is 10.1. The molecule has 1 aromatic heterocycles. The fourth-order valence-electron chi connectivity index (χ4n) is 4.22. The Bertz CT molecular complexity index is 503. The minimum absolute atomic E-state index is 0.120. The summed E-state index contributed by atoms with van der Waals surface area (Å²) in [6.45, 7) is 6.55. The van der Waals surface area contributed by atoms with Gasteiger partial charge in [0, 0.05) is 51.6 Å². The molecule has 2 saturated heterocycles. The summed E-state index contributed by atoms with van der Waals surface area (Å²) in [5, 5.41) is 0. The highest BCUT2D eigenvalue weighted by Gasteiger charge is 2.26. The first-order chi connectivity index (χ1) is 11.4. The van der Waals surface area contributed by atoms with E-state index in [4.69, 9.17) is 9.72 Å². The fourth-order valence-corrected chi connectivity index (χ4v) is 4.22. The Morgan fingerprint density at radius 1 is 1.04 bits per heavy atom. The first kappa shape index (κ1) is 15.5. The van der Waals surface area contributed by atoms with Crippen molar-refractivity contribution in [1.29, 1.82) is 0 Å². The molecule has 2 aliphatic heterocycles. The Labute approximate surface area is 139 Å². The fraction of sp³-hybridized carbons (Fsp3) is 0.778. The van der Waals surface area contributed by atoms with Crippen molar-refractivity contribution < 1.29 is 4.74 Å². The molecule has 1 aromatic rings. The van der Waals surface area contributed by atoms with E-state index < -0.39 is 0 Å². The summed E-state index contributed by atoms with van der Waals surface area (Å²) in [6.07, 6.45) is 9.89. The van der Waals surface area contributed by atoms with Gasteiger partial charge in [-0.3, -0.25) is 9.80 Å². The number of aromatic nitrogens is 2. The van der Waals surface area contributed by atoms with E-state index in [9.17, 15) is 0 Å². The molecular formula is C18H28N4O. The molecule has 3 heterocycles. The molecule has 4 rings (SSSR count). The predicted octanol–water partition coefficient (Wildman–Crippen LogP) is 2.39. The van der Waals surface area contributed by atoms with Crippen molar-refractivity contribution in [2.24, 2.45) is 0 Å². The molecule has 1 saturated carbocycles. The van der Waals surface area contributed by atoms with E-state index in [2.05, 4.69) is 20.9 Å². The van der Waals surface area contributed by atoms with Crippen LogP contribution in [0, 0.1) is 0 Å². The number of ether oxygens (including phenoxy) is 1. The highest BCUT2D eigenvalue weighted by molar-refractivity contribution is 5.05. The van der Waals surface area contributed by atoms with Gasteiger partial charge < -0.3 is 4.74 Å². The summed E-state index contributed by atoms with van der Waals surface area (Å²) in [4.78, 5) is 14.4. The Balaban J connectivity index is 1.31. The van der Waals surface area contributed by atoms with E-state index >= 15 is 0 Å². The van der Waals surface area contributed by atoms with E-state index in [0.717, 1.165) is 56.6 Å². The second kappa shape index (κ2) is 7.24. The van der Waals surface area contributed by atoms with Gasteiger partial charge in [0.25, 0.3) is 0 Å². The number of piperazine rings is 1. The van der Waals surface area contributed by atoms with Crippen molar-refractivity contribution in [2.45, 2.75) is 57.2 Å². The molecule has 0 aromatic carbocycles. The van der Waals surface area contributed by atoms with Crippen molar-refractivity contribution >= 4 is 0 Å². The van der Waals surface area contributed by atoms with E-state index in [0.29, 0.717) is 0 Å². The normalized spacial score (nSPS) is 27.7. The predicted molar refractivity (Wildman–Crippen MR) is 89.1 cm³/mol. The zero-order valence-corrected chi connectivity index (χ0v) is 14.0. The number of nitrogens with zero attached hydrogens (tertiary/aromatic N) is 4. The standard InChI is InChI=1S/C18H28N4O/c1-2-5-16(4-1)22-11-9-21(10-12-22)14-15-7-8-19-18(20-15)17-6-3-13-23-17/h7-8,16-17H,1-6,9-14H2/t17-/m0/s1. The van der Waals surface area contributed by atoms with Crippen LogP contribution in [-0.4, -0.2) is 58.6 Å². The molecule has 5 heteroatoms. The van der Waals surface area contributed by atoms with E-state index in [1.165, 1.54) is 38.8 Å². The number of hydrogen-bond donors (Lipinski definition) is 0. The number of hydrogen-bond acceptors (Lipinski definition) is 5. The Hall–Kier alpha value is -1.04. The minimum Gasteiger partial charge on any atom is -0.370 e. The van der Waals surface area contributed by atoms with Crippen LogP contribution >= 0.6 is 0 Å². The van der Waals surface area contributed by atoms with Gasteiger partial charge in [0.2, 0.25) is 0 Å². The molecule has 126 valence electrons. The first-order valence-electron chi connectivity index (χ1n) is 9.28. The molecule has 0 amide bonds. The second-order valence-electron chi connectivity index (χ2n) is 7.16. The van der Waals surface area contributed by atoms with Gasteiger partial charge >= 0.3 is 0 Å². The third-order valence-corrected chi connectivity index (χ3v) is 5.58. The van der Waals surface area contributed by atoms with Crippen LogP contribution in [0.15, 0.2) is 12.3 Å². The molecule has 3 aliphatic rings. The molecule has 0 unspecified atom stereocenters. The van der Waals surface area contributed by atoms with Gasteiger partial charge in [-0.15, -0.1) is 0 Å². The average Bonchev–Trinajstić information content (AvgIpc) is 3.30. The van der Waals surface area contributed by atoms with Gasteiger partial charge in [0.1, 0.15) is 6.10 Å². The lowest BCUT2D eigenvalue weighted by molar-refractivity contribution is 0.0915. The van der Waals surface area contributed by atoms with Crippen LogP contribution in [-0.2, 0) is 11.3 Å². The Morgan fingerprint density at radius 2 is 1.87 bits per heavy atom. The van der Waals surface area contributed by atoms with Crippen molar-refractivity contribution in [3.8, 4) is 0 Å². The van der Waals surface area contributed by atoms with Crippen LogP contribution < -0.4 is 0 Å². The molecule has 0 bridgehead atoms. The monoisotopic (exact) mass is 316 g/mol. The molecule has 0 spiro atoms. The quantitative estimate of drug-likeness (QED) is 0.853. The minimum atomic E-state index is 0.120. The maximum atomic E-state index is 5.71. The summed E-state index contributed by atoms with van der Waals surface area (Å²) in [6, 6.07) is 2.92. The van der Waals surface area contributed by atoms with Crippen LogP contribution in [0.5, 0.6) is 0 Å². The third-order valence-electron chi connectivity index (χ3n) is 5.58. The Morgan fingerprint density at radius 3 is 2.61 bits per heavy atom. The van der Waals surface area contributed by atoms with Crippen molar-refractivity contribution in [2.75, 3.05) is 32.8 Å². The largest absolute Gasteiger partial charge is 0.370 e. The molecule has 0 N–H and O–H groups in total. The highest BCUT2D eigenvalue weighted by atomic mass is 16.5. The van der Waals surface area contributed by atoms with Gasteiger partial charge in [0.15, 0.2) is 5.82 Å². The summed E-state index contributed by atoms with van der Waals surface area (Å²) in [5.41, 5.74) is 1.14. The molecular weight excluding hydrogens is 288 g/mol. The smallest absolute Gasteiger partial charge is 0.157 e. The second-order valence-corrected chi connectivity index (χ2v) is 7.16. The highest BCUT2D eigenvalue weighted by Crippen LogP contribution is 2.26. The lowest BCUT2D eigenvalue weighted by Gasteiger charge is -2.37. The van der Waals surface area contributed by atoms with Crippen LogP contribution in [0.25, 0.3) is 0 Å². The molecule has 0 radical (unpaired) electrons. The lowest BCUT2D eigenvalue weighted by Crippen LogP contribution is -2.49. The van der Waals surface area contributed by atoms with Gasteiger partial charge in [0.05, 0.1) is 5.69 Å². The van der Waals surface area contributed by atoms with E-state index in [-0.39, 0.29) is 6.10 Å². The number of rotatable bonds is 4. The van der Waals surface area contributed by atoms with Crippen LogP contribution in [0.3, 0.4) is 0 Å². The summed E-state index contributed by atoms with van der Waals surface area (Å²) in [7, 11) is 0. The van der Waals surface area contributed by atoms with E-state index in [1.807, 2.05) is 6.20 Å². The van der Waals surface area contributed by atoms with Crippen molar-refractivity contribution in [3.63, 3.8) is 0 Å². The average molecular weight is 316 g/mol. The maximum absolute atomic E-state index is 5.71. The summed E-state index contributed by atoms with van der Waals surface area (Å²) >= 11 is 0. The molecule has 1 aliphatic carbocycles. The topological polar surface area (TPSA) is 41.5 Å². The summed E-state index contributed by atoms with van der Waals surface area (Å²) in [5.74, 6) is 0.879. The van der Waals surface area contributed by atoms with Gasteiger partial charge in [-0.25, -0.2) is 9.97 Å². The molecule has 5 nitrogen and oxygen atoms in total. The van der Waals surface area contributed by atoms with Gasteiger partial charge in [-0.05, 0) is 31.7 Å². The van der Waals surface area contributed by atoms with Gasteiger partial charge in [-0.1, -0.05) is 12.8 Å². The SMILES string of the molecule is c1cc(CN2CCN(C3CCCC3)CC2)nc([C@@H]2CCCO2)n1. The zero-order valence-electron chi connectivity index (χ0n) is 14.0. The summed E-state index contributed by atoms with van der Waals surface area (Å²) < 4.78 is 5.71. The maximum Gasteiger partial charge on any atom is 0.157 e. The first-order valence-corrected chi connectivity index (χ1v) is 9.28. The molecule has 23 heavy (non-hydrogen) atoms. The van der Waals surface area contributed by atoms with Gasteiger partial charge in [-0.2, -0.15) is 0 Å². The Kier molecular flexibility index (Phi) is 4.88. The zero-order chi connectivity index (χ0) is 15.5. The van der Waals surface area contributed by atoms with Crippen molar-refractivity contribution in [3.05, 3.63) is 23.8 Å². The van der Waals surface area contributed by atoms with Crippen LogP contribution in [0.1, 0.15) is 56.1 Å². The van der Waals surface area contributed by atoms with Crippen LogP contribution in [0.2, 0.25) is 0 Å². The van der Waals surface area contributed by atoms with E-state index in [1.54, 1.807) is 0 Å². The molecule has 1 atom stereocenters. The van der Waals surface area contributed by atoms with Crippen molar-refractivity contribution in [1.82, 2.24) is 19.8 Å². The third kappa shape index (κ3) is 3.73.